The predicted molar refractivity (Wildman–Crippen MR) is 74.7 cm³/mol. The van der Waals surface area contributed by atoms with Gasteiger partial charge in [-0.05, 0) is 29.4 Å². The molecule has 0 amide bonds. The summed E-state index contributed by atoms with van der Waals surface area (Å²) in [5.41, 5.74) is 6.23. The topological polar surface area (TPSA) is 49.8 Å². The minimum absolute atomic E-state index is 0.686. The quantitative estimate of drug-likeness (QED) is 0.787. The van der Waals surface area contributed by atoms with E-state index in [0.29, 0.717) is 12.3 Å². The predicted octanol–water partition coefficient (Wildman–Crippen LogP) is 3.14. The Morgan fingerprint density at radius 3 is 2.53 bits per heavy atom. The number of hydrogen-bond acceptors (Lipinski definition) is 3. The molecule has 0 aliphatic carbocycles. The van der Waals surface area contributed by atoms with Gasteiger partial charge in [0.15, 0.2) is 0 Å². The van der Waals surface area contributed by atoms with Gasteiger partial charge in [0.2, 0.25) is 0 Å². The lowest BCUT2D eigenvalue weighted by molar-refractivity contribution is 0.559. The van der Waals surface area contributed by atoms with Gasteiger partial charge in [-0.25, -0.2) is 0 Å². The van der Waals surface area contributed by atoms with Crippen LogP contribution in [0.2, 0.25) is 0 Å². The monoisotopic (exact) mass is 248 g/mol. The minimum atomic E-state index is -0.842. The number of thioether (sulfide) groups is 1. The third kappa shape index (κ3) is 4.41. The fraction of sp³-hybridized carbons (Fsp3) is 0.500. The van der Waals surface area contributed by atoms with Gasteiger partial charge in [-0.1, -0.05) is 44.2 Å². The first-order chi connectivity index (χ1) is 8.08. The van der Waals surface area contributed by atoms with E-state index in [4.69, 9.17) is 5.73 Å². The molecule has 0 heterocycles. The van der Waals surface area contributed by atoms with Crippen LogP contribution in [0.15, 0.2) is 30.3 Å². The third-order valence-corrected chi connectivity index (χ3v) is 3.98. The first-order valence-electron chi connectivity index (χ1n) is 5.92. The molecule has 2 N–H and O–H groups in total. The average molecular weight is 248 g/mol. The molecular weight excluding hydrogens is 228 g/mol. The molecule has 0 aliphatic rings. The summed E-state index contributed by atoms with van der Waals surface area (Å²) in [5, 5.41) is 9.26. The van der Waals surface area contributed by atoms with Crippen molar-refractivity contribution < 1.29 is 0 Å². The Hall–Kier alpha value is -0.980. The molecule has 92 valence electrons. The summed E-state index contributed by atoms with van der Waals surface area (Å²) in [6.07, 6.45) is 0.699. The van der Waals surface area contributed by atoms with Gasteiger partial charge in [-0.15, -0.1) is 0 Å². The molecule has 1 aromatic carbocycles. The standard InChI is InChI=1S/C14H20N2S/c1-12(2)10-17-9-8-14(16,11-15)13-6-4-3-5-7-13/h3-7,12H,8-10,16H2,1-2H3. The van der Waals surface area contributed by atoms with Crippen LogP contribution in [0.5, 0.6) is 0 Å². The molecule has 0 fully saturated rings. The SMILES string of the molecule is CC(C)CSCCC(N)(C#N)c1ccccc1. The second-order valence-electron chi connectivity index (χ2n) is 4.67. The molecule has 1 atom stereocenters. The highest BCUT2D eigenvalue weighted by atomic mass is 32.2. The first-order valence-corrected chi connectivity index (χ1v) is 7.07. The highest BCUT2D eigenvalue weighted by Gasteiger charge is 2.26. The van der Waals surface area contributed by atoms with E-state index in [9.17, 15) is 5.26 Å². The van der Waals surface area contributed by atoms with Crippen molar-refractivity contribution in [3.63, 3.8) is 0 Å². The van der Waals surface area contributed by atoms with Crippen LogP contribution < -0.4 is 5.73 Å². The van der Waals surface area contributed by atoms with Gasteiger partial charge in [0.05, 0.1) is 6.07 Å². The highest BCUT2D eigenvalue weighted by Crippen LogP contribution is 2.23. The van der Waals surface area contributed by atoms with Crippen molar-refractivity contribution in [3.8, 4) is 6.07 Å². The van der Waals surface area contributed by atoms with Crippen LogP contribution >= 0.6 is 11.8 Å². The van der Waals surface area contributed by atoms with Crippen molar-refractivity contribution >= 4 is 11.8 Å². The number of benzene rings is 1. The summed E-state index contributed by atoms with van der Waals surface area (Å²) in [6.45, 7) is 4.40. The second-order valence-corrected chi connectivity index (χ2v) is 5.82. The van der Waals surface area contributed by atoms with Crippen molar-refractivity contribution in [3.05, 3.63) is 35.9 Å². The van der Waals surface area contributed by atoms with Crippen molar-refractivity contribution in [2.24, 2.45) is 11.7 Å². The summed E-state index contributed by atoms with van der Waals surface area (Å²) in [7, 11) is 0. The highest BCUT2D eigenvalue weighted by molar-refractivity contribution is 7.99. The van der Waals surface area contributed by atoms with Gasteiger partial charge in [0, 0.05) is 0 Å². The van der Waals surface area contributed by atoms with Crippen molar-refractivity contribution in [2.45, 2.75) is 25.8 Å². The van der Waals surface area contributed by atoms with E-state index in [0.717, 1.165) is 17.1 Å². The Labute approximate surface area is 108 Å². The maximum atomic E-state index is 9.26. The van der Waals surface area contributed by atoms with Gasteiger partial charge in [0.25, 0.3) is 0 Å². The molecule has 0 saturated carbocycles. The lowest BCUT2D eigenvalue weighted by Crippen LogP contribution is -2.35. The van der Waals surface area contributed by atoms with E-state index in [1.807, 2.05) is 42.1 Å². The molecule has 0 spiro atoms. The molecule has 1 unspecified atom stereocenters. The molecular formula is C14H20N2S. The fourth-order valence-corrected chi connectivity index (χ4v) is 2.66. The van der Waals surface area contributed by atoms with Crippen LogP contribution in [-0.2, 0) is 5.54 Å². The van der Waals surface area contributed by atoms with E-state index >= 15 is 0 Å². The van der Waals surface area contributed by atoms with Crippen LogP contribution in [-0.4, -0.2) is 11.5 Å². The number of nitrogens with two attached hydrogens (primary N) is 1. The van der Waals surface area contributed by atoms with Crippen LogP contribution in [0.3, 0.4) is 0 Å². The molecule has 0 aromatic heterocycles. The maximum absolute atomic E-state index is 9.26. The van der Waals surface area contributed by atoms with Gasteiger partial charge < -0.3 is 5.73 Å². The van der Waals surface area contributed by atoms with E-state index < -0.39 is 5.54 Å². The number of hydrogen-bond donors (Lipinski definition) is 1. The zero-order valence-corrected chi connectivity index (χ0v) is 11.3. The molecule has 17 heavy (non-hydrogen) atoms. The van der Waals surface area contributed by atoms with E-state index in [2.05, 4.69) is 19.9 Å². The van der Waals surface area contributed by atoms with Crippen molar-refractivity contribution in [1.29, 1.82) is 5.26 Å². The molecule has 3 heteroatoms. The molecule has 2 nitrogen and oxygen atoms in total. The largest absolute Gasteiger partial charge is 0.310 e. The summed E-state index contributed by atoms with van der Waals surface area (Å²) >= 11 is 1.87. The molecule has 0 radical (unpaired) electrons. The Morgan fingerprint density at radius 2 is 2.00 bits per heavy atom. The third-order valence-electron chi connectivity index (χ3n) is 2.58. The summed E-state index contributed by atoms with van der Waals surface area (Å²) in [5.74, 6) is 2.74. The molecule has 1 aromatic rings. The Kier molecular flexibility index (Phi) is 5.54. The summed E-state index contributed by atoms with van der Waals surface area (Å²) in [4.78, 5) is 0. The van der Waals surface area contributed by atoms with Gasteiger partial charge in [-0.3, -0.25) is 0 Å². The lowest BCUT2D eigenvalue weighted by atomic mass is 9.90. The zero-order chi connectivity index (χ0) is 12.7. The average Bonchev–Trinajstić information content (AvgIpc) is 2.35. The number of nitriles is 1. The van der Waals surface area contributed by atoms with Gasteiger partial charge >= 0.3 is 0 Å². The van der Waals surface area contributed by atoms with Crippen molar-refractivity contribution in [2.75, 3.05) is 11.5 Å². The van der Waals surface area contributed by atoms with Crippen LogP contribution in [0.1, 0.15) is 25.8 Å². The Morgan fingerprint density at radius 1 is 1.35 bits per heavy atom. The van der Waals surface area contributed by atoms with Crippen LogP contribution in [0, 0.1) is 17.2 Å². The number of rotatable bonds is 6. The molecule has 0 aliphatic heterocycles. The van der Waals surface area contributed by atoms with Gasteiger partial charge in [0.1, 0.15) is 5.54 Å². The van der Waals surface area contributed by atoms with Crippen LogP contribution in [0.25, 0.3) is 0 Å². The van der Waals surface area contributed by atoms with E-state index in [1.54, 1.807) is 0 Å². The fourth-order valence-electron chi connectivity index (χ4n) is 1.55. The number of nitrogens with zero attached hydrogens (tertiary/aromatic N) is 1. The Balaban J connectivity index is 2.56. The maximum Gasteiger partial charge on any atom is 0.130 e. The minimum Gasteiger partial charge on any atom is -0.310 e. The van der Waals surface area contributed by atoms with E-state index in [1.165, 1.54) is 0 Å². The van der Waals surface area contributed by atoms with E-state index in [-0.39, 0.29) is 0 Å². The Bertz CT molecular complexity index is 370. The van der Waals surface area contributed by atoms with Crippen LogP contribution in [0.4, 0.5) is 0 Å². The smallest absolute Gasteiger partial charge is 0.130 e. The molecule has 0 bridgehead atoms. The summed E-state index contributed by atoms with van der Waals surface area (Å²) in [6, 6.07) is 11.9. The van der Waals surface area contributed by atoms with Crippen molar-refractivity contribution in [1.82, 2.24) is 0 Å². The first kappa shape index (κ1) is 14.1. The molecule has 1 rings (SSSR count). The molecule has 0 saturated heterocycles. The normalized spacial score (nSPS) is 14.3. The van der Waals surface area contributed by atoms with Gasteiger partial charge in [-0.2, -0.15) is 17.0 Å². The second kappa shape index (κ2) is 6.68. The lowest BCUT2D eigenvalue weighted by Gasteiger charge is -2.21. The summed E-state index contributed by atoms with van der Waals surface area (Å²) < 4.78 is 0. The zero-order valence-electron chi connectivity index (χ0n) is 10.5.